The van der Waals surface area contributed by atoms with Crippen LogP contribution in [0.5, 0.6) is 0 Å². The predicted molar refractivity (Wildman–Crippen MR) is 128 cm³/mol. The van der Waals surface area contributed by atoms with E-state index >= 15 is 0 Å². The smallest absolute Gasteiger partial charge is 0.222 e. The third-order valence-electron chi connectivity index (χ3n) is 7.66. The Hall–Kier alpha value is -1.10. The summed E-state index contributed by atoms with van der Waals surface area (Å²) in [6.07, 6.45) is 11.0. The van der Waals surface area contributed by atoms with Crippen LogP contribution in [0.15, 0.2) is 24.3 Å². The summed E-state index contributed by atoms with van der Waals surface area (Å²) in [6, 6.07) is 7.58. The Kier molecular flexibility index (Phi) is 9.24. The lowest BCUT2D eigenvalue weighted by Crippen LogP contribution is -2.48. The topological polar surface area (TPSA) is 52.6 Å². The molecular weight excluding hydrogens is 408 g/mol. The molecule has 0 aromatic heterocycles. The lowest BCUT2D eigenvalue weighted by Gasteiger charge is -2.42. The van der Waals surface area contributed by atoms with E-state index in [-0.39, 0.29) is 11.8 Å². The molecule has 1 saturated heterocycles. The molecule has 0 unspecified atom stereocenters. The molecule has 5 heteroatoms. The molecule has 2 fully saturated rings. The molecule has 2 aliphatic rings. The van der Waals surface area contributed by atoms with Crippen LogP contribution in [0.4, 0.5) is 0 Å². The van der Waals surface area contributed by atoms with E-state index in [0.29, 0.717) is 30.3 Å². The molecule has 1 amide bonds. The third kappa shape index (κ3) is 6.46. The van der Waals surface area contributed by atoms with E-state index in [1.807, 2.05) is 43.1 Å². The van der Waals surface area contributed by atoms with Gasteiger partial charge in [-0.05, 0) is 68.8 Å². The summed E-state index contributed by atoms with van der Waals surface area (Å²) in [7, 11) is 1.99. The average molecular weight is 449 g/mol. The maximum absolute atomic E-state index is 13.3. The fraction of sp³-hybridized carbons (Fsp3) is 0.731. The Balaban J connectivity index is 1.64. The summed E-state index contributed by atoms with van der Waals surface area (Å²) in [6.45, 7) is 4.36. The van der Waals surface area contributed by atoms with Gasteiger partial charge in [-0.2, -0.15) is 0 Å². The summed E-state index contributed by atoms with van der Waals surface area (Å²) in [5.74, 6) is 1.47. The van der Waals surface area contributed by atoms with Gasteiger partial charge in [0, 0.05) is 30.5 Å². The highest BCUT2D eigenvalue weighted by Crippen LogP contribution is 2.39. The van der Waals surface area contributed by atoms with Gasteiger partial charge in [-0.25, -0.2) is 0 Å². The van der Waals surface area contributed by atoms with E-state index in [2.05, 4.69) is 5.32 Å². The van der Waals surface area contributed by atoms with Crippen LogP contribution < -0.4 is 5.32 Å². The summed E-state index contributed by atoms with van der Waals surface area (Å²) < 4.78 is 0. The second-order valence-electron chi connectivity index (χ2n) is 9.83. The number of hydrogen-bond donors (Lipinski definition) is 2. The van der Waals surface area contributed by atoms with Crippen molar-refractivity contribution in [3.8, 4) is 0 Å². The van der Waals surface area contributed by atoms with Gasteiger partial charge in [-0.3, -0.25) is 4.79 Å². The molecule has 1 aliphatic heterocycles. The molecule has 0 radical (unpaired) electrons. The fourth-order valence-electron chi connectivity index (χ4n) is 5.88. The van der Waals surface area contributed by atoms with Crippen molar-refractivity contribution < 1.29 is 9.90 Å². The zero-order valence-electron chi connectivity index (χ0n) is 19.4. The quantitative estimate of drug-likeness (QED) is 0.533. The number of likely N-dealkylation sites (tertiary alicyclic amines) is 1. The molecular formula is C26H41ClN2O2. The van der Waals surface area contributed by atoms with Gasteiger partial charge < -0.3 is 15.3 Å². The van der Waals surface area contributed by atoms with Crippen molar-refractivity contribution in [1.29, 1.82) is 0 Å². The molecule has 174 valence electrons. The van der Waals surface area contributed by atoms with Crippen molar-refractivity contribution >= 4 is 17.5 Å². The minimum atomic E-state index is -0.948. The van der Waals surface area contributed by atoms with Crippen LogP contribution >= 0.6 is 11.6 Å². The van der Waals surface area contributed by atoms with Gasteiger partial charge in [0.05, 0.1) is 5.60 Å². The van der Waals surface area contributed by atoms with E-state index in [1.54, 1.807) is 0 Å². The molecule has 1 aliphatic carbocycles. The highest BCUT2D eigenvalue weighted by atomic mass is 35.5. The Morgan fingerprint density at radius 1 is 1.26 bits per heavy atom. The number of amides is 1. The van der Waals surface area contributed by atoms with Gasteiger partial charge in [-0.15, -0.1) is 0 Å². The van der Waals surface area contributed by atoms with E-state index in [1.165, 1.54) is 32.1 Å². The minimum Gasteiger partial charge on any atom is -0.385 e. The van der Waals surface area contributed by atoms with Gasteiger partial charge in [-0.1, -0.05) is 62.8 Å². The van der Waals surface area contributed by atoms with Gasteiger partial charge in [0.2, 0.25) is 5.91 Å². The normalized spacial score (nSPS) is 23.4. The monoisotopic (exact) mass is 448 g/mol. The second-order valence-corrected chi connectivity index (χ2v) is 10.3. The van der Waals surface area contributed by atoms with Crippen molar-refractivity contribution in [3.63, 3.8) is 0 Å². The lowest BCUT2D eigenvalue weighted by molar-refractivity contribution is -0.137. The molecule has 2 N–H and O–H groups in total. The standard InChI is InChI=1S/C26H41ClN2O2/c1-3-26(31,22-11-7-13-24(27)17-22)23-12-8-14-29(19-23)25(30)16-21(18-28-2)15-20-9-5-4-6-10-20/h7,11,13,17,20-21,23,28,31H,3-6,8-10,12,14-16,18-19H2,1-2H3/t21-,23-,26-/m1/s1. The SMILES string of the molecule is CC[C@@](O)(c1cccc(Cl)c1)[C@@H]1CCCN(C(=O)C[C@H](CNC)CC2CCCCC2)C1. The Morgan fingerprint density at radius 2 is 2.03 bits per heavy atom. The number of rotatable bonds is 9. The first kappa shape index (κ1) is 24.5. The van der Waals surface area contributed by atoms with Crippen LogP contribution in [-0.4, -0.2) is 42.6 Å². The molecule has 1 heterocycles. The number of piperidine rings is 1. The maximum atomic E-state index is 13.3. The van der Waals surface area contributed by atoms with Crippen molar-refractivity contribution in [3.05, 3.63) is 34.9 Å². The van der Waals surface area contributed by atoms with Crippen LogP contribution in [0, 0.1) is 17.8 Å². The first-order chi connectivity index (χ1) is 15.0. The molecule has 4 nitrogen and oxygen atoms in total. The molecule has 3 atom stereocenters. The molecule has 31 heavy (non-hydrogen) atoms. The van der Waals surface area contributed by atoms with Gasteiger partial charge in [0.1, 0.15) is 0 Å². The molecule has 1 aromatic carbocycles. The fourth-order valence-corrected chi connectivity index (χ4v) is 6.07. The number of benzene rings is 1. The van der Waals surface area contributed by atoms with Crippen molar-refractivity contribution in [2.45, 2.75) is 76.7 Å². The number of nitrogens with zero attached hydrogens (tertiary/aromatic N) is 1. The summed E-state index contributed by atoms with van der Waals surface area (Å²) in [4.78, 5) is 15.3. The molecule has 1 aromatic rings. The number of halogens is 1. The largest absolute Gasteiger partial charge is 0.385 e. The van der Waals surface area contributed by atoms with Crippen molar-refractivity contribution in [1.82, 2.24) is 10.2 Å². The number of carbonyl (C=O) groups is 1. The molecule has 0 spiro atoms. The highest BCUT2D eigenvalue weighted by Gasteiger charge is 2.40. The first-order valence-electron chi connectivity index (χ1n) is 12.4. The Morgan fingerprint density at radius 3 is 2.71 bits per heavy atom. The number of aliphatic hydroxyl groups is 1. The minimum absolute atomic E-state index is 0.0368. The average Bonchev–Trinajstić information content (AvgIpc) is 2.79. The highest BCUT2D eigenvalue weighted by molar-refractivity contribution is 6.30. The van der Waals surface area contributed by atoms with Crippen molar-refractivity contribution in [2.24, 2.45) is 17.8 Å². The maximum Gasteiger partial charge on any atom is 0.222 e. The van der Waals surface area contributed by atoms with Crippen LogP contribution in [0.1, 0.15) is 76.7 Å². The summed E-state index contributed by atoms with van der Waals surface area (Å²) in [5.41, 5.74) is -0.0804. The van der Waals surface area contributed by atoms with E-state index < -0.39 is 5.60 Å². The van der Waals surface area contributed by atoms with E-state index in [0.717, 1.165) is 43.8 Å². The Bertz CT molecular complexity index is 706. The van der Waals surface area contributed by atoms with Crippen LogP contribution in [0.2, 0.25) is 5.02 Å². The van der Waals surface area contributed by atoms with Crippen LogP contribution in [0.3, 0.4) is 0 Å². The second kappa shape index (κ2) is 11.7. The van der Waals surface area contributed by atoms with E-state index in [4.69, 9.17) is 11.6 Å². The van der Waals surface area contributed by atoms with Gasteiger partial charge >= 0.3 is 0 Å². The lowest BCUT2D eigenvalue weighted by atomic mass is 9.75. The zero-order chi connectivity index (χ0) is 22.3. The molecule has 3 rings (SSSR count). The summed E-state index contributed by atoms with van der Waals surface area (Å²) >= 11 is 6.21. The van der Waals surface area contributed by atoms with Gasteiger partial charge in [0.15, 0.2) is 0 Å². The van der Waals surface area contributed by atoms with Crippen LogP contribution in [0.25, 0.3) is 0 Å². The summed E-state index contributed by atoms with van der Waals surface area (Å²) in [5, 5.41) is 15.6. The predicted octanol–water partition coefficient (Wildman–Crippen LogP) is 5.37. The van der Waals surface area contributed by atoms with Crippen LogP contribution in [-0.2, 0) is 10.4 Å². The number of carbonyl (C=O) groups excluding carboxylic acids is 1. The third-order valence-corrected chi connectivity index (χ3v) is 7.90. The molecule has 1 saturated carbocycles. The van der Waals surface area contributed by atoms with E-state index in [9.17, 15) is 9.90 Å². The van der Waals surface area contributed by atoms with Gasteiger partial charge in [0.25, 0.3) is 0 Å². The number of hydrogen-bond acceptors (Lipinski definition) is 3. The number of nitrogens with one attached hydrogen (secondary N) is 1. The zero-order valence-corrected chi connectivity index (χ0v) is 20.2. The molecule has 0 bridgehead atoms. The van der Waals surface area contributed by atoms with Crippen molar-refractivity contribution in [2.75, 3.05) is 26.7 Å². The Labute approximate surface area is 193 Å². The first-order valence-corrected chi connectivity index (χ1v) is 12.7.